The van der Waals surface area contributed by atoms with Gasteiger partial charge in [0.15, 0.2) is 0 Å². The Labute approximate surface area is 179 Å². The summed E-state index contributed by atoms with van der Waals surface area (Å²) in [5, 5.41) is 9.99. The molecule has 1 aliphatic rings. The summed E-state index contributed by atoms with van der Waals surface area (Å²) in [5.74, 6) is 0.703. The first-order valence-electron chi connectivity index (χ1n) is 9.73. The molecular weight excluding hydrogens is 412 g/mol. The van der Waals surface area contributed by atoms with Gasteiger partial charge >= 0.3 is 0 Å². The van der Waals surface area contributed by atoms with Gasteiger partial charge in [-0.3, -0.25) is 0 Å². The highest BCUT2D eigenvalue weighted by Crippen LogP contribution is 2.46. The zero-order valence-corrected chi connectivity index (χ0v) is 17.4. The third kappa shape index (κ3) is 5.12. The van der Waals surface area contributed by atoms with Gasteiger partial charge in [-0.25, -0.2) is 4.39 Å². The lowest BCUT2D eigenvalue weighted by Gasteiger charge is -2.30. The highest BCUT2D eigenvalue weighted by molar-refractivity contribution is 6.32. The van der Waals surface area contributed by atoms with Crippen molar-refractivity contribution in [2.75, 3.05) is 6.61 Å². The van der Waals surface area contributed by atoms with Crippen molar-refractivity contribution in [1.82, 2.24) is 5.54 Å². The predicted molar refractivity (Wildman–Crippen MR) is 114 cm³/mol. The van der Waals surface area contributed by atoms with E-state index in [0.717, 1.165) is 12.0 Å². The summed E-state index contributed by atoms with van der Waals surface area (Å²) >= 11 is 6.20. The molecule has 4 nitrogen and oxygen atoms in total. The summed E-state index contributed by atoms with van der Waals surface area (Å²) in [7, 11) is 0. The fourth-order valence-corrected chi connectivity index (χ4v) is 3.64. The molecule has 30 heavy (non-hydrogen) atoms. The lowest BCUT2D eigenvalue weighted by Crippen LogP contribution is -2.17. The first kappa shape index (κ1) is 22.1. The van der Waals surface area contributed by atoms with Gasteiger partial charge in [0.25, 0.3) is 0 Å². The van der Waals surface area contributed by atoms with Crippen LogP contribution in [0.4, 0.5) is 8.87 Å². The standard InChI is InChI=1S/C23H24ClF2NO3/c1-3-4-17(28)7-8-29-21-10-15(13-27-26)5-6-18(21)22-9-14(2)19-11-16(25)12-20(24)23(19)30-22/h4-6,10-12,22,27-28H,2-3,7-9,13H2,1H3/b17-4+. The van der Waals surface area contributed by atoms with Crippen LogP contribution in [0.25, 0.3) is 5.57 Å². The number of ether oxygens (including phenoxy) is 2. The first-order valence-corrected chi connectivity index (χ1v) is 10.1. The van der Waals surface area contributed by atoms with Crippen molar-refractivity contribution in [3.8, 4) is 11.5 Å². The van der Waals surface area contributed by atoms with E-state index in [1.807, 2.05) is 13.0 Å². The first-order chi connectivity index (χ1) is 14.4. The number of hydrogen-bond acceptors (Lipinski definition) is 4. The Hall–Kier alpha value is -2.57. The van der Waals surface area contributed by atoms with E-state index in [9.17, 15) is 14.0 Å². The summed E-state index contributed by atoms with van der Waals surface area (Å²) in [6.45, 7) is 6.26. The van der Waals surface area contributed by atoms with Crippen molar-refractivity contribution < 1.29 is 23.5 Å². The monoisotopic (exact) mass is 435 g/mol. The number of aliphatic hydroxyl groups excluding tert-OH is 1. The molecule has 1 unspecified atom stereocenters. The van der Waals surface area contributed by atoms with Crippen molar-refractivity contribution in [3.63, 3.8) is 0 Å². The van der Waals surface area contributed by atoms with E-state index in [-0.39, 0.29) is 23.9 Å². The Kier molecular flexibility index (Phi) is 7.34. The topological polar surface area (TPSA) is 50.7 Å². The number of nitrogens with one attached hydrogen (secondary N) is 1. The Morgan fingerprint density at radius 3 is 2.93 bits per heavy atom. The summed E-state index contributed by atoms with van der Waals surface area (Å²) in [4.78, 5) is 0. The van der Waals surface area contributed by atoms with E-state index in [0.29, 0.717) is 41.0 Å². The number of benzene rings is 2. The van der Waals surface area contributed by atoms with Crippen molar-refractivity contribution in [2.45, 2.75) is 38.8 Å². The van der Waals surface area contributed by atoms with Gasteiger partial charge in [-0.05, 0) is 41.8 Å². The molecule has 0 spiro atoms. The molecule has 0 amide bonds. The largest absolute Gasteiger partial charge is 0.513 e. The van der Waals surface area contributed by atoms with Crippen LogP contribution in [0.2, 0.25) is 5.02 Å². The molecule has 2 aromatic rings. The molecule has 0 saturated carbocycles. The van der Waals surface area contributed by atoms with Crippen molar-refractivity contribution in [3.05, 3.63) is 76.3 Å². The lowest BCUT2D eigenvalue weighted by molar-refractivity contribution is 0.193. The lowest BCUT2D eigenvalue weighted by atomic mass is 9.92. The second-order valence-electron chi connectivity index (χ2n) is 7.06. The summed E-state index contributed by atoms with van der Waals surface area (Å²) in [5.41, 5.74) is 4.31. The minimum atomic E-state index is -0.450. The van der Waals surface area contributed by atoms with Crippen LogP contribution >= 0.6 is 11.6 Å². The maximum atomic E-state index is 13.7. The molecule has 1 atom stereocenters. The van der Waals surface area contributed by atoms with Gasteiger partial charge in [-0.15, -0.1) is 4.48 Å². The van der Waals surface area contributed by atoms with Gasteiger partial charge < -0.3 is 14.6 Å². The van der Waals surface area contributed by atoms with Crippen LogP contribution in [0.15, 0.2) is 48.7 Å². The van der Waals surface area contributed by atoms with E-state index in [1.165, 1.54) is 12.1 Å². The zero-order chi connectivity index (χ0) is 21.7. The fourth-order valence-electron chi connectivity index (χ4n) is 3.39. The molecule has 2 aromatic carbocycles. The minimum absolute atomic E-state index is 0.0315. The molecule has 0 aromatic heterocycles. The summed E-state index contributed by atoms with van der Waals surface area (Å²) in [6, 6.07) is 7.88. The second kappa shape index (κ2) is 9.96. The van der Waals surface area contributed by atoms with E-state index >= 15 is 0 Å². The van der Waals surface area contributed by atoms with Gasteiger partial charge in [-0.2, -0.15) is 5.54 Å². The Morgan fingerprint density at radius 1 is 1.40 bits per heavy atom. The van der Waals surface area contributed by atoms with Gasteiger partial charge in [-0.1, -0.05) is 37.2 Å². The van der Waals surface area contributed by atoms with Crippen molar-refractivity contribution >= 4 is 17.2 Å². The molecule has 0 saturated heterocycles. The van der Waals surface area contributed by atoms with Gasteiger partial charge in [0, 0.05) is 24.0 Å². The number of allylic oxidation sites excluding steroid dienone is 1. The highest BCUT2D eigenvalue weighted by atomic mass is 35.5. The molecule has 3 rings (SSSR count). The minimum Gasteiger partial charge on any atom is -0.513 e. The average molecular weight is 436 g/mol. The molecule has 0 fully saturated rings. The molecule has 2 N–H and O–H groups in total. The Bertz CT molecular complexity index is 962. The van der Waals surface area contributed by atoms with Gasteiger partial charge in [0.05, 0.1) is 23.9 Å². The van der Waals surface area contributed by atoms with Crippen LogP contribution in [0.3, 0.4) is 0 Å². The van der Waals surface area contributed by atoms with Crippen LogP contribution in [0.5, 0.6) is 11.5 Å². The van der Waals surface area contributed by atoms with E-state index < -0.39 is 11.9 Å². The third-order valence-corrected chi connectivity index (χ3v) is 5.11. The quantitative estimate of drug-likeness (QED) is 0.362. The molecule has 0 radical (unpaired) electrons. The van der Waals surface area contributed by atoms with E-state index in [1.54, 1.807) is 23.7 Å². The van der Waals surface area contributed by atoms with Crippen LogP contribution in [-0.2, 0) is 6.54 Å². The summed E-state index contributed by atoms with van der Waals surface area (Å²) < 4.78 is 38.3. The number of halogens is 3. The average Bonchev–Trinajstić information content (AvgIpc) is 2.69. The predicted octanol–water partition coefficient (Wildman–Crippen LogP) is 6.61. The maximum absolute atomic E-state index is 13.7. The second-order valence-corrected chi connectivity index (χ2v) is 7.47. The Morgan fingerprint density at radius 2 is 2.20 bits per heavy atom. The van der Waals surface area contributed by atoms with Crippen molar-refractivity contribution in [2.24, 2.45) is 0 Å². The molecule has 1 aliphatic heterocycles. The molecule has 0 aliphatic carbocycles. The third-order valence-electron chi connectivity index (χ3n) is 4.83. The van der Waals surface area contributed by atoms with E-state index in [2.05, 4.69) is 6.58 Å². The molecule has 1 heterocycles. The smallest absolute Gasteiger partial charge is 0.146 e. The van der Waals surface area contributed by atoms with Gasteiger partial charge in [0.2, 0.25) is 0 Å². The SMILES string of the molecule is C=C1CC(c2ccc(CNF)cc2OCC/C(O)=C\CC)Oc2c(Cl)cc(F)cc21. The molecular formula is C23H24ClF2NO3. The van der Waals surface area contributed by atoms with Crippen LogP contribution < -0.4 is 15.0 Å². The van der Waals surface area contributed by atoms with Crippen LogP contribution in [0.1, 0.15) is 49.0 Å². The molecule has 0 bridgehead atoms. The molecule has 7 heteroatoms. The number of fused-ring (bicyclic) bond motifs is 1. The van der Waals surface area contributed by atoms with Crippen molar-refractivity contribution in [1.29, 1.82) is 0 Å². The number of aliphatic hydroxyl groups is 1. The number of hydrogen-bond donors (Lipinski definition) is 2. The Balaban J connectivity index is 1.88. The fraction of sp³-hybridized carbons (Fsp3) is 0.304. The van der Waals surface area contributed by atoms with Crippen LogP contribution in [-0.4, -0.2) is 11.7 Å². The van der Waals surface area contributed by atoms with Crippen LogP contribution in [0, 0.1) is 5.82 Å². The normalized spacial score (nSPS) is 16.2. The highest BCUT2D eigenvalue weighted by Gasteiger charge is 2.29. The van der Waals surface area contributed by atoms with E-state index in [4.69, 9.17) is 21.1 Å². The summed E-state index contributed by atoms with van der Waals surface area (Å²) in [6.07, 6.45) is 2.78. The van der Waals surface area contributed by atoms with Gasteiger partial charge in [0.1, 0.15) is 23.4 Å². The maximum Gasteiger partial charge on any atom is 0.146 e. The number of rotatable bonds is 8. The zero-order valence-electron chi connectivity index (χ0n) is 16.7. The molecule has 160 valence electrons.